The maximum absolute atomic E-state index is 10.6. The number of carbonyl (C=O) groups is 2. The normalized spacial score (nSPS) is 12.7. The Morgan fingerprint density at radius 2 is 1.50 bits per heavy atom. The summed E-state index contributed by atoms with van der Waals surface area (Å²) in [4.78, 5) is 21.0. The maximum atomic E-state index is 10.6. The molecule has 0 spiro atoms. The van der Waals surface area contributed by atoms with Gasteiger partial charge in [-0.25, -0.2) is 9.59 Å². The van der Waals surface area contributed by atoms with E-state index < -0.39 is 11.9 Å². The molecule has 68 valence electrons. The van der Waals surface area contributed by atoms with Crippen molar-refractivity contribution in [2.24, 2.45) is 5.92 Å². The van der Waals surface area contributed by atoms with Gasteiger partial charge in [-0.05, 0) is 12.8 Å². The van der Waals surface area contributed by atoms with Crippen molar-refractivity contribution in [3.63, 3.8) is 0 Å². The topological polar surface area (TPSA) is 74.6 Å². The van der Waals surface area contributed by atoms with E-state index in [-0.39, 0.29) is 17.1 Å². The molecular formula is C8H12O4. The van der Waals surface area contributed by atoms with Crippen LogP contribution in [-0.4, -0.2) is 22.2 Å². The van der Waals surface area contributed by atoms with Gasteiger partial charge in [0.1, 0.15) is 0 Å². The van der Waals surface area contributed by atoms with Crippen LogP contribution in [0.3, 0.4) is 0 Å². The minimum Gasteiger partial charge on any atom is -0.478 e. The molecule has 0 aliphatic heterocycles. The lowest BCUT2D eigenvalue weighted by molar-refractivity contribution is -0.136. The first-order valence-electron chi connectivity index (χ1n) is 3.55. The minimum atomic E-state index is -1.18. The Hall–Kier alpha value is -1.32. The third-order valence-corrected chi connectivity index (χ3v) is 1.53. The third kappa shape index (κ3) is 2.38. The summed E-state index contributed by atoms with van der Waals surface area (Å²) >= 11 is 0. The van der Waals surface area contributed by atoms with Crippen LogP contribution in [0.4, 0.5) is 0 Å². The van der Waals surface area contributed by atoms with E-state index in [2.05, 4.69) is 0 Å². The summed E-state index contributed by atoms with van der Waals surface area (Å²) in [5.74, 6) is -2.62. The second kappa shape index (κ2) is 3.90. The van der Waals surface area contributed by atoms with Crippen molar-refractivity contribution in [2.45, 2.75) is 20.8 Å². The molecule has 0 aromatic heterocycles. The summed E-state index contributed by atoms with van der Waals surface area (Å²) in [5.41, 5.74) is -0.139. The standard InChI is InChI=1S/C8H12O4/c1-4(2)6(8(11)12)5(3)7(9)10/h4H,1-3H3,(H,9,10)(H,11,12). The lowest BCUT2D eigenvalue weighted by Crippen LogP contribution is -2.13. The van der Waals surface area contributed by atoms with E-state index in [4.69, 9.17) is 10.2 Å². The van der Waals surface area contributed by atoms with Crippen molar-refractivity contribution in [2.75, 3.05) is 0 Å². The van der Waals surface area contributed by atoms with Gasteiger partial charge in [0.2, 0.25) is 0 Å². The number of hydrogen-bond donors (Lipinski definition) is 2. The minimum absolute atomic E-state index is 0.0394. The van der Waals surface area contributed by atoms with Gasteiger partial charge in [-0.15, -0.1) is 0 Å². The van der Waals surface area contributed by atoms with Crippen LogP contribution in [0, 0.1) is 5.92 Å². The first-order chi connectivity index (χ1) is 5.37. The molecule has 0 aliphatic carbocycles. The molecule has 4 heteroatoms. The lowest BCUT2D eigenvalue weighted by Gasteiger charge is -2.07. The monoisotopic (exact) mass is 172 g/mol. The summed E-state index contributed by atoms with van der Waals surface area (Å²) in [6.45, 7) is 4.59. The van der Waals surface area contributed by atoms with Crippen molar-refractivity contribution < 1.29 is 19.8 Å². The van der Waals surface area contributed by atoms with Crippen LogP contribution in [-0.2, 0) is 9.59 Å². The van der Waals surface area contributed by atoms with Gasteiger partial charge in [0.25, 0.3) is 0 Å². The average Bonchev–Trinajstić information content (AvgIpc) is 1.85. The molecule has 0 bridgehead atoms. The zero-order valence-corrected chi connectivity index (χ0v) is 7.29. The van der Waals surface area contributed by atoms with Crippen LogP contribution >= 0.6 is 0 Å². The molecule has 0 heterocycles. The molecule has 12 heavy (non-hydrogen) atoms. The van der Waals surface area contributed by atoms with Gasteiger partial charge in [0, 0.05) is 11.1 Å². The van der Waals surface area contributed by atoms with Gasteiger partial charge in [-0.1, -0.05) is 13.8 Å². The number of hydrogen-bond acceptors (Lipinski definition) is 2. The highest BCUT2D eigenvalue weighted by molar-refractivity contribution is 5.98. The van der Waals surface area contributed by atoms with Gasteiger partial charge < -0.3 is 10.2 Å². The highest BCUT2D eigenvalue weighted by atomic mass is 16.4. The predicted octanol–water partition coefficient (Wildman–Crippen LogP) is 1.13. The number of aliphatic carboxylic acids is 2. The van der Waals surface area contributed by atoms with Crippen molar-refractivity contribution in [3.05, 3.63) is 11.1 Å². The highest BCUT2D eigenvalue weighted by Gasteiger charge is 2.18. The summed E-state index contributed by atoms with van der Waals surface area (Å²) < 4.78 is 0. The molecule has 0 saturated carbocycles. The van der Waals surface area contributed by atoms with Gasteiger partial charge in [0.05, 0.1) is 0 Å². The van der Waals surface area contributed by atoms with E-state index in [0.717, 1.165) is 0 Å². The Labute approximate surface area is 70.5 Å². The molecule has 0 aromatic carbocycles. The zero-order chi connectivity index (χ0) is 9.89. The van der Waals surface area contributed by atoms with Crippen LogP contribution in [0.25, 0.3) is 0 Å². The third-order valence-electron chi connectivity index (χ3n) is 1.53. The SMILES string of the molecule is CC(C(=O)O)=C(C(=O)O)C(C)C. The number of rotatable bonds is 3. The van der Waals surface area contributed by atoms with E-state index >= 15 is 0 Å². The van der Waals surface area contributed by atoms with Gasteiger partial charge in [-0.3, -0.25) is 0 Å². The molecule has 0 radical (unpaired) electrons. The zero-order valence-electron chi connectivity index (χ0n) is 7.29. The van der Waals surface area contributed by atoms with E-state index in [0.29, 0.717) is 0 Å². The smallest absolute Gasteiger partial charge is 0.332 e. The van der Waals surface area contributed by atoms with Crippen LogP contribution in [0.1, 0.15) is 20.8 Å². The molecule has 0 atom stereocenters. The second-order valence-electron chi connectivity index (χ2n) is 2.80. The van der Waals surface area contributed by atoms with Crippen LogP contribution in [0.2, 0.25) is 0 Å². The summed E-state index contributed by atoms with van der Waals surface area (Å²) in [7, 11) is 0. The molecule has 4 nitrogen and oxygen atoms in total. The average molecular weight is 172 g/mol. The Kier molecular flexibility index (Phi) is 3.47. The molecule has 2 N–H and O–H groups in total. The van der Waals surface area contributed by atoms with E-state index in [9.17, 15) is 9.59 Å². The molecular weight excluding hydrogens is 160 g/mol. The van der Waals surface area contributed by atoms with Gasteiger partial charge in [-0.2, -0.15) is 0 Å². The molecule has 0 rings (SSSR count). The quantitative estimate of drug-likeness (QED) is 0.626. The predicted molar refractivity (Wildman–Crippen MR) is 42.8 cm³/mol. The summed E-state index contributed by atoms with van der Waals surface area (Å²) in [5, 5.41) is 17.2. The molecule has 0 unspecified atom stereocenters. The van der Waals surface area contributed by atoms with E-state index in [1.165, 1.54) is 6.92 Å². The Balaban J connectivity index is 5.08. The van der Waals surface area contributed by atoms with Crippen molar-refractivity contribution >= 4 is 11.9 Å². The van der Waals surface area contributed by atoms with E-state index in [1.807, 2.05) is 0 Å². The van der Waals surface area contributed by atoms with Crippen molar-refractivity contribution in [1.82, 2.24) is 0 Å². The maximum Gasteiger partial charge on any atom is 0.332 e. The first kappa shape index (κ1) is 10.7. The molecule has 0 aliphatic rings. The Morgan fingerprint density at radius 1 is 1.08 bits per heavy atom. The Bertz CT molecular complexity index is 237. The lowest BCUT2D eigenvalue weighted by atomic mass is 9.98. The summed E-state index contributed by atoms with van der Waals surface area (Å²) in [6.07, 6.45) is 0. The van der Waals surface area contributed by atoms with Gasteiger partial charge >= 0.3 is 11.9 Å². The van der Waals surface area contributed by atoms with Crippen LogP contribution < -0.4 is 0 Å². The first-order valence-corrected chi connectivity index (χ1v) is 3.55. The van der Waals surface area contributed by atoms with Crippen LogP contribution in [0.15, 0.2) is 11.1 Å². The Morgan fingerprint density at radius 3 is 1.58 bits per heavy atom. The number of carboxylic acid groups (broad SMARTS) is 2. The molecule has 0 fully saturated rings. The second-order valence-corrected chi connectivity index (χ2v) is 2.80. The van der Waals surface area contributed by atoms with E-state index in [1.54, 1.807) is 13.8 Å². The van der Waals surface area contributed by atoms with Crippen molar-refractivity contribution in [1.29, 1.82) is 0 Å². The fourth-order valence-electron chi connectivity index (χ4n) is 0.956. The number of carboxylic acids is 2. The van der Waals surface area contributed by atoms with Crippen LogP contribution in [0.5, 0.6) is 0 Å². The largest absolute Gasteiger partial charge is 0.478 e. The molecule has 0 saturated heterocycles. The highest BCUT2D eigenvalue weighted by Crippen LogP contribution is 2.14. The fourth-order valence-corrected chi connectivity index (χ4v) is 0.956. The summed E-state index contributed by atoms with van der Waals surface area (Å²) in [6, 6.07) is 0. The van der Waals surface area contributed by atoms with Crippen molar-refractivity contribution in [3.8, 4) is 0 Å². The molecule has 0 aromatic rings. The molecule has 0 amide bonds. The fraction of sp³-hybridized carbons (Fsp3) is 0.500. The van der Waals surface area contributed by atoms with Gasteiger partial charge in [0.15, 0.2) is 0 Å².